The summed E-state index contributed by atoms with van der Waals surface area (Å²) in [6, 6.07) is 13.8. The summed E-state index contributed by atoms with van der Waals surface area (Å²) >= 11 is 0. The van der Waals surface area contributed by atoms with Crippen LogP contribution in [0.3, 0.4) is 0 Å². The fourth-order valence-corrected chi connectivity index (χ4v) is 4.24. The number of aromatic nitrogens is 3. The van der Waals surface area contributed by atoms with E-state index in [1.165, 1.54) is 7.11 Å². The third-order valence-electron chi connectivity index (χ3n) is 5.82. The van der Waals surface area contributed by atoms with Crippen molar-refractivity contribution in [3.63, 3.8) is 0 Å². The van der Waals surface area contributed by atoms with Crippen molar-refractivity contribution < 1.29 is 9.53 Å². The van der Waals surface area contributed by atoms with Crippen molar-refractivity contribution in [3.8, 4) is 5.75 Å². The van der Waals surface area contributed by atoms with Gasteiger partial charge < -0.3 is 19.6 Å². The van der Waals surface area contributed by atoms with Crippen LogP contribution in [-0.2, 0) is 6.54 Å². The highest BCUT2D eigenvalue weighted by Gasteiger charge is 2.23. The summed E-state index contributed by atoms with van der Waals surface area (Å²) in [6.45, 7) is 5.89. The Bertz CT molecular complexity index is 1340. The number of carbonyl (C=O) groups is 1. The zero-order valence-corrected chi connectivity index (χ0v) is 18.6. The maximum atomic E-state index is 13.3. The third kappa shape index (κ3) is 3.77. The molecule has 7 heteroatoms. The SMILES string of the molecule is COc1cc(C)[nH]c(=O)c1CNC(=O)c1c(C)n([C@@H](C)c2ccccc2)c2cnccc12. The molecule has 7 nitrogen and oxygen atoms in total. The van der Waals surface area contributed by atoms with Crippen molar-refractivity contribution in [2.45, 2.75) is 33.4 Å². The molecule has 164 valence electrons. The second-order valence-electron chi connectivity index (χ2n) is 7.82. The number of aromatic amines is 1. The Kier molecular flexibility index (Phi) is 5.81. The Morgan fingerprint density at radius 1 is 1.22 bits per heavy atom. The number of methoxy groups -OCH3 is 1. The van der Waals surface area contributed by atoms with Gasteiger partial charge in [0.05, 0.1) is 42.5 Å². The first-order chi connectivity index (χ1) is 15.4. The Hall–Kier alpha value is -3.87. The molecule has 3 heterocycles. The van der Waals surface area contributed by atoms with E-state index in [1.807, 2.05) is 31.2 Å². The number of hydrogen-bond donors (Lipinski definition) is 2. The minimum atomic E-state index is -0.275. The summed E-state index contributed by atoms with van der Waals surface area (Å²) in [7, 11) is 1.51. The van der Waals surface area contributed by atoms with Gasteiger partial charge in [0.1, 0.15) is 5.75 Å². The Morgan fingerprint density at radius 3 is 2.69 bits per heavy atom. The van der Waals surface area contributed by atoms with Crippen LogP contribution in [-0.4, -0.2) is 27.6 Å². The van der Waals surface area contributed by atoms with Gasteiger partial charge in [0.2, 0.25) is 0 Å². The second-order valence-corrected chi connectivity index (χ2v) is 7.82. The number of rotatable bonds is 6. The molecule has 0 aliphatic heterocycles. The lowest BCUT2D eigenvalue weighted by molar-refractivity contribution is 0.0951. The third-order valence-corrected chi connectivity index (χ3v) is 5.82. The van der Waals surface area contributed by atoms with Gasteiger partial charge >= 0.3 is 0 Å². The first-order valence-electron chi connectivity index (χ1n) is 10.5. The molecule has 0 saturated heterocycles. The first kappa shape index (κ1) is 21.4. The van der Waals surface area contributed by atoms with Gasteiger partial charge in [0.25, 0.3) is 11.5 Å². The van der Waals surface area contributed by atoms with E-state index in [4.69, 9.17) is 4.74 Å². The lowest BCUT2D eigenvalue weighted by Crippen LogP contribution is -2.28. The summed E-state index contributed by atoms with van der Waals surface area (Å²) in [5.74, 6) is 0.201. The van der Waals surface area contributed by atoms with Gasteiger partial charge in [-0.05, 0) is 38.5 Å². The minimum absolute atomic E-state index is 0.0180. The molecule has 0 aliphatic rings. The van der Waals surface area contributed by atoms with Gasteiger partial charge in [0.15, 0.2) is 0 Å². The Morgan fingerprint density at radius 2 is 1.97 bits per heavy atom. The molecular weight excluding hydrogens is 404 g/mol. The van der Waals surface area contributed by atoms with Crippen LogP contribution < -0.4 is 15.6 Å². The van der Waals surface area contributed by atoms with Crippen molar-refractivity contribution in [3.05, 3.63) is 93.3 Å². The van der Waals surface area contributed by atoms with Gasteiger partial charge in [-0.1, -0.05) is 30.3 Å². The number of fused-ring (bicyclic) bond motifs is 1. The predicted octanol–water partition coefficient (Wildman–Crippen LogP) is 3.89. The number of nitrogens with one attached hydrogen (secondary N) is 2. The highest BCUT2D eigenvalue weighted by Crippen LogP contribution is 2.31. The number of aryl methyl sites for hydroxylation is 1. The van der Waals surface area contributed by atoms with Crippen LogP contribution in [0.5, 0.6) is 5.75 Å². The summed E-state index contributed by atoms with van der Waals surface area (Å²) in [4.78, 5) is 32.7. The van der Waals surface area contributed by atoms with Crippen molar-refractivity contribution in [1.82, 2.24) is 19.9 Å². The molecule has 1 atom stereocenters. The smallest absolute Gasteiger partial charge is 0.256 e. The van der Waals surface area contributed by atoms with Crippen LogP contribution in [0.1, 0.15) is 45.8 Å². The molecule has 0 saturated carbocycles. The van der Waals surface area contributed by atoms with Crippen LogP contribution >= 0.6 is 0 Å². The molecule has 0 unspecified atom stereocenters. The zero-order chi connectivity index (χ0) is 22.8. The van der Waals surface area contributed by atoms with E-state index in [-0.39, 0.29) is 24.1 Å². The topological polar surface area (TPSA) is 89.0 Å². The van der Waals surface area contributed by atoms with Crippen LogP contribution in [0.4, 0.5) is 0 Å². The van der Waals surface area contributed by atoms with Gasteiger partial charge in [-0.25, -0.2) is 0 Å². The van der Waals surface area contributed by atoms with Gasteiger partial charge in [0, 0.05) is 23.0 Å². The maximum absolute atomic E-state index is 13.3. The number of carbonyl (C=O) groups excluding carboxylic acids is 1. The maximum Gasteiger partial charge on any atom is 0.256 e. The molecule has 4 aromatic rings. The molecule has 1 amide bonds. The summed E-state index contributed by atoms with van der Waals surface area (Å²) in [5.41, 5.74) is 4.24. The number of ether oxygens (including phenoxy) is 1. The average Bonchev–Trinajstić information content (AvgIpc) is 3.09. The highest BCUT2D eigenvalue weighted by molar-refractivity contribution is 6.08. The standard InChI is InChI=1S/C25H26N4O3/c1-15-12-22(32-4)20(24(30)28-15)13-27-25(31)23-17(3)29(21-14-26-11-10-19(21)23)16(2)18-8-6-5-7-9-18/h5-12,14,16H,13H2,1-4H3,(H,27,31)(H,28,30)/t16-/m0/s1. The molecule has 0 bridgehead atoms. The van der Waals surface area contributed by atoms with Crippen LogP contribution in [0.2, 0.25) is 0 Å². The lowest BCUT2D eigenvalue weighted by atomic mass is 10.1. The number of pyridine rings is 2. The fraction of sp³-hybridized carbons (Fsp3) is 0.240. The van der Waals surface area contributed by atoms with Crippen molar-refractivity contribution >= 4 is 16.8 Å². The largest absolute Gasteiger partial charge is 0.496 e. The monoisotopic (exact) mass is 430 g/mol. The second kappa shape index (κ2) is 8.70. The highest BCUT2D eigenvalue weighted by atomic mass is 16.5. The molecule has 0 aliphatic carbocycles. The fourth-order valence-electron chi connectivity index (χ4n) is 4.24. The molecule has 3 aromatic heterocycles. The predicted molar refractivity (Wildman–Crippen MR) is 124 cm³/mol. The van der Waals surface area contributed by atoms with Crippen molar-refractivity contribution in [2.24, 2.45) is 0 Å². The molecular formula is C25H26N4O3. The number of amides is 1. The number of H-pyrrole nitrogens is 1. The summed E-state index contributed by atoms with van der Waals surface area (Å²) < 4.78 is 7.47. The Labute approximate surface area is 186 Å². The van der Waals surface area contributed by atoms with Crippen molar-refractivity contribution in [2.75, 3.05) is 7.11 Å². The molecule has 2 N–H and O–H groups in total. The van der Waals surface area contributed by atoms with E-state index in [0.717, 1.165) is 22.2 Å². The summed E-state index contributed by atoms with van der Waals surface area (Å²) in [5, 5.41) is 3.72. The normalized spacial score (nSPS) is 12.0. The first-order valence-corrected chi connectivity index (χ1v) is 10.5. The van der Waals surface area contributed by atoms with E-state index >= 15 is 0 Å². The summed E-state index contributed by atoms with van der Waals surface area (Å²) in [6.07, 6.45) is 3.47. The number of hydrogen-bond acceptors (Lipinski definition) is 4. The van der Waals surface area contributed by atoms with E-state index in [1.54, 1.807) is 25.4 Å². The van der Waals surface area contributed by atoms with Gasteiger partial charge in [-0.15, -0.1) is 0 Å². The van der Waals surface area contributed by atoms with E-state index in [0.29, 0.717) is 22.6 Å². The molecule has 1 aromatic carbocycles. The minimum Gasteiger partial charge on any atom is -0.496 e. The number of nitrogens with zero attached hydrogens (tertiary/aromatic N) is 2. The molecule has 32 heavy (non-hydrogen) atoms. The Balaban J connectivity index is 1.72. The quantitative estimate of drug-likeness (QED) is 0.486. The van der Waals surface area contributed by atoms with E-state index < -0.39 is 0 Å². The number of benzene rings is 1. The lowest BCUT2D eigenvalue weighted by Gasteiger charge is -2.18. The average molecular weight is 431 g/mol. The van der Waals surface area contributed by atoms with Crippen LogP contribution in [0.15, 0.2) is 59.7 Å². The van der Waals surface area contributed by atoms with Gasteiger partial charge in [-0.2, -0.15) is 0 Å². The van der Waals surface area contributed by atoms with Gasteiger partial charge in [-0.3, -0.25) is 14.6 Å². The molecule has 0 spiro atoms. The molecule has 0 fully saturated rings. The van der Waals surface area contributed by atoms with E-state index in [9.17, 15) is 9.59 Å². The van der Waals surface area contributed by atoms with Crippen molar-refractivity contribution in [1.29, 1.82) is 0 Å². The molecule has 0 radical (unpaired) electrons. The van der Waals surface area contributed by atoms with Crippen LogP contribution in [0, 0.1) is 13.8 Å². The zero-order valence-electron chi connectivity index (χ0n) is 18.6. The van der Waals surface area contributed by atoms with Crippen LogP contribution in [0.25, 0.3) is 10.9 Å². The molecule has 4 rings (SSSR count). The van der Waals surface area contributed by atoms with E-state index in [2.05, 4.69) is 38.9 Å².